The smallest absolute Gasteiger partial charge is 0.225 e. The predicted octanol–water partition coefficient (Wildman–Crippen LogP) is 4.03. The Balaban J connectivity index is 1.95. The summed E-state index contributed by atoms with van der Waals surface area (Å²) in [7, 11) is 1.62. The molecule has 1 amide bonds. The summed E-state index contributed by atoms with van der Waals surface area (Å²) in [5, 5.41) is 5.78. The van der Waals surface area contributed by atoms with Gasteiger partial charge in [-0.15, -0.1) is 11.3 Å². The van der Waals surface area contributed by atoms with Gasteiger partial charge in [0, 0.05) is 28.2 Å². The van der Waals surface area contributed by atoms with Gasteiger partial charge in [0.05, 0.1) is 12.1 Å². The molecule has 0 atom stereocenters. The van der Waals surface area contributed by atoms with Gasteiger partial charge in [0.15, 0.2) is 0 Å². The first kappa shape index (κ1) is 15.6. The van der Waals surface area contributed by atoms with Gasteiger partial charge in [-0.1, -0.05) is 41.0 Å². The minimum absolute atomic E-state index is 0.0346. The molecule has 0 aliphatic carbocycles. The number of hydrogen-bond donors (Lipinski definition) is 1. The van der Waals surface area contributed by atoms with E-state index in [9.17, 15) is 4.79 Å². The number of nitrogens with zero attached hydrogens (tertiary/aromatic N) is 1. The SMILES string of the molecule is CNC(=O)Cc1csc(SCc2ccc(Cl)cc2Cl)n1. The lowest BCUT2D eigenvalue weighted by Gasteiger charge is -2.02. The molecule has 3 nitrogen and oxygen atoms in total. The molecular weight excluding hydrogens is 335 g/mol. The zero-order valence-corrected chi connectivity index (χ0v) is 13.8. The monoisotopic (exact) mass is 346 g/mol. The van der Waals surface area contributed by atoms with Gasteiger partial charge in [0.1, 0.15) is 4.34 Å². The molecule has 0 aliphatic rings. The van der Waals surface area contributed by atoms with Gasteiger partial charge >= 0.3 is 0 Å². The molecule has 20 heavy (non-hydrogen) atoms. The van der Waals surface area contributed by atoms with Crippen LogP contribution in [-0.4, -0.2) is 17.9 Å². The van der Waals surface area contributed by atoms with E-state index in [1.54, 1.807) is 24.9 Å². The van der Waals surface area contributed by atoms with E-state index in [1.807, 2.05) is 17.5 Å². The largest absolute Gasteiger partial charge is 0.359 e. The molecule has 0 spiro atoms. The van der Waals surface area contributed by atoms with Gasteiger partial charge in [0.2, 0.25) is 5.91 Å². The molecular formula is C13H12Cl2N2OS2. The highest BCUT2D eigenvalue weighted by atomic mass is 35.5. The summed E-state index contributed by atoms with van der Waals surface area (Å²) in [6, 6.07) is 5.47. The third kappa shape index (κ3) is 4.38. The molecule has 106 valence electrons. The van der Waals surface area contributed by atoms with Crippen LogP contribution < -0.4 is 5.32 Å². The van der Waals surface area contributed by atoms with Crippen molar-refractivity contribution in [1.82, 2.24) is 10.3 Å². The van der Waals surface area contributed by atoms with Crippen molar-refractivity contribution < 1.29 is 4.79 Å². The quantitative estimate of drug-likeness (QED) is 0.831. The van der Waals surface area contributed by atoms with E-state index in [0.29, 0.717) is 16.5 Å². The molecule has 0 saturated carbocycles. The van der Waals surface area contributed by atoms with E-state index in [4.69, 9.17) is 23.2 Å². The number of amides is 1. The second-order valence-corrected chi connectivity index (χ2v) is 6.90. The number of thiazole rings is 1. The van der Waals surface area contributed by atoms with Crippen molar-refractivity contribution in [2.75, 3.05) is 7.05 Å². The Morgan fingerprint density at radius 1 is 1.45 bits per heavy atom. The summed E-state index contributed by atoms with van der Waals surface area (Å²) >= 11 is 15.1. The van der Waals surface area contributed by atoms with E-state index in [-0.39, 0.29) is 5.91 Å². The third-order valence-electron chi connectivity index (χ3n) is 2.52. The van der Waals surface area contributed by atoms with E-state index in [0.717, 1.165) is 21.3 Å². The van der Waals surface area contributed by atoms with Gasteiger partial charge in [0.25, 0.3) is 0 Å². The third-order valence-corrected chi connectivity index (χ3v) is 5.22. The van der Waals surface area contributed by atoms with E-state index < -0.39 is 0 Å². The van der Waals surface area contributed by atoms with E-state index in [1.165, 1.54) is 11.3 Å². The number of carbonyl (C=O) groups excluding carboxylic acids is 1. The Bertz CT molecular complexity index is 616. The van der Waals surface area contributed by atoms with Crippen molar-refractivity contribution in [1.29, 1.82) is 0 Å². The molecule has 0 unspecified atom stereocenters. The lowest BCUT2D eigenvalue weighted by molar-refractivity contribution is -0.120. The molecule has 2 aromatic rings. The van der Waals surface area contributed by atoms with Crippen LogP contribution in [0.4, 0.5) is 0 Å². The summed E-state index contributed by atoms with van der Waals surface area (Å²) in [5.74, 6) is 0.690. The zero-order chi connectivity index (χ0) is 14.5. The van der Waals surface area contributed by atoms with Crippen molar-refractivity contribution >= 4 is 52.2 Å². The van der Waals surface area contributed by atoms with Crippen LogP contribution in [0.2, 0.25) is 10.0 Å². The average Bonchev–Trinajstić information content (AvgIpc) is 2.85. The molecule has 1 heterocycles. The second-order valence-electron chi connectivity index (χ2n) is 3.98. The maximum Gasteiger partial charge on any atom is 0.225 e. The van der Waals surface area contributed by atoms with Crippen LogP contribution in [0.3, 0.4) is 0 Å². The van der Waals surface area contributed by atoms with Crippen molar-refractivity contribution in [3.8, 4) is 0 Å². The molecule has 1 aromatic heterocycles. The minimum Gasteiger partial charge on any atom is -0.359 e. The Kier molecular flexibility index (Phi) is 5.72. The standard InChI is InChI=1S/C13H12Cl2N2OS2/c1-16-12(18)5-10-7-20-13(17-10)19-6-8-2-3-9(14)4-11(8)15/h2-4,7H,5-6H2,1H3,(H,16,18). The molecule has 0 aliphatic heterocycles. The first-order chi connectivity index (χ1) is 9.58. The maximum absolute atomic E-state index is 11.3. The van der Waals surface area contributed by atoms with Crippen LogP contribution in [0.25, 0.3) is 0 Å². The number of benzene rings is 1. The Labute approximate surface area is 135 Å². The number of thioether (sulfide) groups is 1. The second kappa shape index (κ2) is 7.31. The number of likely N-dealkylation sites (N-methyl/N-ethyl adjacent to an activating group) is 1. The molecule has 1 aromatic carbocycles. The van der Waals surface area contributed by atoms with Crippen LogP contribution >= 0.6 is 46.3 Å². The molecule has 0 bridgehead atoms. The molecule has 2 rings (SSSR count). The fraction of sp³-hybridized carbons (Fsp3) is 0.231. The van der Waals surface area contributed by atoms with Crippen LogP contribution in [-0.2, 0) is 17.0 Å². The number of halogens is 2. The molecule has 1 N–H and O–H groups in total. The van der Waals surface area contributed by atoms with E-state index in [2.05, 4.69) is 10.3 Å². The number of hydrogen-bond acceptors (Lipinski definition) is 4. The number of carbonyl (C=O) groups is 1. The Morgan fingerprint density at radius 2 is 2.25 bits per heavy atom. The predicted molar refractivity (Wildman–Crippen MR) is 85.9 cm³/mol. The highest BCUT2D eigenvalue weighted by Gasteiger charge is 2.08. The van der Waals surface area contributed by atoms with Crippen molar-refractivity contribution in [3.05, 3.63) is 44.9 Å². The summed E-state index contributed by atoms with van der Waals surface area (Å²) in [6.45, 7) is 0. The van der Waals surface area contributed by atoms with Crippen LogP contribution in [0.1, 0.15) is 11.3 Å². The molecule has 7 heteroatoms. The topological polar surface area (TPSA) is 42.0 Å². The lowest BCUT2D eigenvalue weighted by atomic mass is 10.2. The maximum atomic E-state index is 11.3. The fourth-order valence-electron chi connectivity index (χ4n) is 1.47. The number of aromatic nitrogens is 1. The minimum atomic E-state index is -0.0346. The average molecular weight is 347 g/mol. The van der Waals surface area contributed by atoms with Gasteiger partial charge in [-0.3, -0.25) is 4.79 Å². The summed E-state index contributed by atoms with van der Waals surface area (Å²) in [6.07, 6.45) is 0.315. The summed E-state index contributed by atoms with van der Waals surface area (Å²) in [4.78, 5) is 15.7. The van der Waals surface area contributed by atoms with Crippen LogP contribution in [0, 0.1) is 0 Å². The van der Waals surface area contributed by atoms with Gasteiger partial charge in [-0.25, -0.2) is 4.98 Å². The fourth-order valence-corrected chi connectivity index (χ4v) is 3.87. The zero-order valence-electron chi connectivity index (χ0n) is 10.7. The van der Waals surface area contributed by atoms with Gasteiger partial charge in [-0.05, 0) is 17.7 Å². The lowest BCUT2D eigenvalue weighted by Crippen LogP contribution is -2.19. The Hall–Kier alpha value is -0.750. The van der Waals surface area contributed by atoms with Crippen molar-refractivity contribution in [2.45, 2.75) is 16.5 Å². The first-order valence-corrected chi connectivity index (χ1v) is 8.42. The van der Waals surface area contributed by atoms with Crippen molar-refractivity contribution in [2.24, 2.45) is 0 Å². The molecule has 0 radical (unpaired) electrons. The summed E-state index contributed by atoms with van der Waals surface area (Å²) in [5.41, 5.74) is 1.81. The Morgan fingerprint density at radius 3 is 2.95 bits per heavy atom. The van der Waals surface area contributed by atoms with Gasteiger partial charge in [-0.2, -0.15) is 0 Å². The number of rotatable bonds is 5. The first-order valence-electron chi connectivity index (χ1n) is 5.80. The summed E-state index contributed by atoms with van der Waals surface area (Å²) < 4.78 is 0.926. The highest BCUT2D eigenvalue weighted by molar-refractivity contribution is 8.00. The molecule has 0 saturated heterocycles. The van der Waals surface area contributed by atoms with E-state index >= 15 is 0 Å². The van der Waals surface area contributed by atoms with Gasteiger partial charge < -0.3 is 5.32 Å². The van der Waals surface area contributed by atoms with Crippen LogP contribution in [0.15, 0.2) is 27.9 Å². The highest BCUT2D eigenvalue weighted by Crippen LogP contribution is 2.30. The van der Waals surface area contributed by atoms with Crippen LogP contribution in [0.5, 0.6) is 0 Å². The normalized spacial score (nSPS) is 10.6. The van der Waals surface area contributed by atoms with Crippen molar-refractivity contribution in [3.63, 3.8) is 0 Å². The number of nitrogens with one attached hydrogen (secondary N) is 1. The molecule has 0 fully saturated rings.